The molecule has 1 heterocycles. The average Bonchev–Trinajstić information content (AvgIpc) is 2.70. The van der Waals surface area contributed by atoms with Gasteiger partial charge in [-0.3, -0.25) is 4.79 Å². The Kier molecular flexibility index (Phi) is 5.34. The Bertz CT molecular complexity index is 859. The van der Waals surface area contributed by atoms with Gasteiger partial charge in [0.25, 0.3) is 5.91 Å². The third kappa shape index (κ3) is 4.30. The molecule has 0 saturated carbocycles. The largest absolute Gasteiger partial charge is 0.486 e. The number of para-hydroxylation sites is 2. The van der Waals surface area contributed by atoms with Gasteiger partial charge in [-0.25, -0.2) is 4.79 Å². The highest BCUT2D eigenvalue weighted by molar-refractivity contribution is 5.91. The summed E-state index contributed by atoms with van der Waals surface area (Å²) in [4.78, 5) is 23.8. The van der Waals surface area contributed by atoms with E-state index in [0.717, 1.165) is 0 Å². The van der Waals surface area contributed by atoms with E-state index in [0.29, 0.717) is 23.7 Å². The van der Waals surface area contributed by atoms with Crippen LogP contribution in [-0.2, 0) is 9.53 Å². The van der Waals surface area contributed by atoms with Gasteiger partial charge in [0.2, 0.25) is 0 Å². The molecule has 0 spiro atoms. The Hall–Kier alpha value is -3.53. The Morgan fingerprint density at radius 2 is 2.00 bits per heavy atom. The third-order valence-corrected chi connectivity index (χ3v) is 3.66. The van der Waals surface area contributed by atoms with E-state index in [9.17, 15) is 9.59 Å². The van der Waals surface area contributed by atoms with Crippen LogP contribution in [0, 0.1) is 11.3 Å². The van der Waals surface area contributed by atoms with Crippen molar-refractivity contribution < 1.29 is 23.8 Å². The highest BCUT2D eigenvalue weighted by atomic mass is 16.6. The second kappa shape index (κ2) is 8.03. The zero-order valence-corrected chi connectivity index (χ0v) is 13.8. The van der Waals surface area contributed by atoms with Crippen molar-refractivity contribution in [3.05, 3.63) is 59.7 Å². The smallest absolute Gasteiger partial charge is 0.338 e. The first kappa shape index (κ1) is 17.3. The highest BCUT2D eigenvalue weighted by Gasteiger charge is 2.21. The van der Waals surface area contributed by atoms with Crippen LogP contribution in [0.25, 0.3) is 0 Å². The van der Waals surface area contributed by atoms with Crippen LogP contribution in [0.5, 0.6) is 11.5 Å². The predicted molar refractivity (Wildman–Crippen MR) is 90.8 cm³/mol. The average molecular weight is 352 g/mol. The molecular formula is C19H16N2O5. The second-order valence-corrected chi connectivity index (χ2v) is 5.57. The summed E-state index contributed by atoms with van der Waals surface area (Å²) in [5.41, 5.74) is 0.566. The molecule has 0 radical (unpaired) electrons. The maximum absolute atomic E-state index is 11.9. The van der Waals surface area contributed by atoms with Gasteiger partial charge in [-0.1, -0.05) is 18.2 Å². The lowest BCUT2D eigenvalue weighted by molar-refractivity contribution is -0.124. The van der Waals surface area contributed by atoms with Crippen LogP contribution in [0.2, 0.25) is 0 Å². The van der Waals surface area contributed by atoms with E-state index >= 15 is 0 Å². The summed E-state index contributed by atoms with van der Waals surface area (Å²) in [5, 5.41) is 11.5. The van der Waals surface area contributed by atoms with Crippen LogP contribution >= 0.6 is 0 Å². The number of benzene rings is 2. The molecule has 1 aliphatic rings. The molecule has 1 atom stereocenters. The van der Waals surface area contributed by atoms with Crippen LogP contribution in [0.1, 0.15) is 15.9 Å². The minimum absolute atomic E-state index is 0.220. The summed E-state index contributed by atoms with van der Waals surface area (Å²) in [6.45, 7) is 0.131. The monoisotopic (exact) mass is 352 g/mol. The van der Waals surface area contributed by atoms with E-state index in [4.69, 9.17) is 19.5 Å². The number of fused-ring (bicyclic) bond motifs is 1. The van der Waals surface area contributed by atoms with Crippen molar-refractivity contribution in [2.24, 2.45) is 0 Å². The molecule has 1 N–H and O–H groups in total. The highest BCUT2D eigenvalue weighted by Crippen LogP contribution is 2.30. The molecule has 0 bridgehead atoms. The predicted octanol–water partition coefficient (Wildman–Crippen LogP) is 1.67. The SMILES string of the molecule is N#Cc1cccc(C(=O)OCC(=O)NCC2COc3ccccc3O2)c1. The number of amides is 1. The molecule has 0 aliphatic carbocycles. The molecular weight excluding hydrogens is 336 g/mol. The van der Waals surface area contributed by atoms with E-state index in [1.54, 1.807) is 18.2 Å². The molecule has 1 aliphatic heterocycles. The quantitative estimate of drug-likeness (QED) is 0.822. The first-order valence-electron chi connectivity index (χ1n) is 7.98. The molecule has 0 fully saturated rings. The van der Waals surface area contributed by atoms with Gasteiger partial charge < -0.3 is 19.5 Å². The first-order chi connectivity index (χ1) is 12.7. The molecule has 2 aromatic rings. The number of esters is 1. The maximum atomic E-state index is 11.9. The van der Waals surface area contributed by atoms with E-state index in [1.807, 2.05) is 24.3 Å². The Balaban J connectivity index is 1.43. The standard InChI is InChI=1S/C19H16N2O5/c20-9-13-4-3-5-14(8-13)19(23)25-12-18(22)21-10-15-11-24-16-6-1-2-7-17(16)26-15/h1-8,15H,10-12H2,(H,21,22). The van der Waals surface area contributed by atoms with Crippen LogP contribution in [0.4, 0.5) is 0 Å². The first-order valence-corrected chi connectivity index (χ1v) is 7.98. The van der Waals surface area contributed by atoms with Gasteiger partial charge >= 0.3 is 5.97 Å². The van der Waals surface area contributed by atoms with Crippen molar-refractivity contribution in [1.29, 1.82) is 5.26 Å². The minimum Gasteiger partial charge on any atom is -0.486 e. The summed E-state index contributed by atoms with van der Waals surface area (Å²) < 4.78 is 16.2. The van der Waals surface area contributed by atoms with Gasteiger partial charge in [-0.2, -0.15) is 5.26 Å². The zero-order valence-electron chi connectivity index (χ0n) is 13.8. The van der Waals surface area contributed by atoms with Crippen LogP contribution in [0.15, 0.2) is 48.5 Å². The molecule has 0 aromatic heterocycles. The number of ether oxygens (including phenoxy) is 3. The van der Waals surface area contributed by atoms with E-state index in [-0.39, 0.29) is 18.2 Å². The number of rotatable bonds is 5. The second-order valence-electron chi connectivity index (χ2n) is 5.57. The van der Waals surface area contributed by atoms with Crippen molar-refractivity contribution in [2.75, 3.05) is 19.8 Å². The summed E-state index contributed by atoms with van der Waals surface area (Å²) in [7, 11) is 0. The van der Waals surface area contributed by atoms with E-state index in [2.05, 4.69) is 5.32 Å². The topological polar surface area (TPSA) is 97.7 Å². The van der Waals surface area contributed by atoms with Gasteiger partial charge in [-0.15, -0.1) is 0 Å². The van der Waals surface area contributed by atoms with Crippen molar-refractivity contribution in [1.82, 2.24) is 5.32 Å². The molecule has 132 valence electrons. The maximum Gasteiger partial charge on any atom is 0.338 e. The Labute approximate surface area is 150 Å². The van der Waals surface area contributed by atoms with Gasteiger partial charge in [0.15, 0.2) is 18.1 Å². The molecule has 7 nitrogen and oxygen atoms in total. The van der Waals surface area contributed by atoms with Crippen LogP contribution in [0.3, 0.4) is 0 Å². The van der Waals surface area contributed by atoms with Crippen molar-refractivity contribution in [2.45, 2.75) is 6.10 Å². The molecule has 7 heteroatoms. The van der Waals surface area contributed by atoms with Gasteiger partial charge in [0.05, 0.1) is 23.7 Å². The number of carbonyl (C=O) groups is 2. The van der Waals surface area contributed by atoms with Gasteiger partial charge in [-0.05, 0) is 30.3 Å². The number of nitrogens with one attached hydrogen (secondary N) is 1. The number of nitrogens with zero attached hydrogens (tertiary/aromatic N) is 1. The van der Waals surface area contributed by atoms with E-state index < -0.39 is 18.5 Å². The molecule has 3 rings (SSSR count). The van der Waals surface area contributed by atoms with Gasteiger partial charge in [0, 0.05) is 0 Å². The molecule has 1 amide bonds. The third-order valence-electron chi connectivity index (χ3n) is 3.66. The fourth-order valence-electron chi connectivity index (χ4n) is 2.37. The number of carbonyl (C=O) groups excluding carboxylic acids is 2. The van der Waals surface area contributed by atoms with Crippen molar-refractivity contribution in [3.8, 4) is 17.6 Å². The number of hydrogen-bond donors (Lipinski definition) is 1. The Morgan fingerprint density at radius 1 is 1.19 bits per heavy atom. The van der Waals surface area contributed by atoms with Crippen LogP contribution < -0.4 is 14.8 Å². The molecule has 0 saturated heterocycles. The van der Waals surface area contributed by atoms with Crippen molar-refractivity contribution >= 4 is 11.9 Å². The lowest BCUT2D eigenvalue weighted by Gasteiger charge is -2.26. The summed E-state index contributed by atoms with van der Waals surface area (Å²) >= 11 is 0. The lowest BCUT2D eigenvalue weighted by atomic mass is 10.1. The zero-order chi connectivity index (χ0) is 18.4. The minimum atomic E-state index is -0.663. The molecule has 1 unspecified atom stereocenters. The number of hydrogen-bond acceptors (Lipinski definition) is 6. The van der Waals surface area contributed by atoms with Crippen LogP contribution in [-0.4, -0.2) is 37.7 Å². The normalized spacial score (nSPS) is 14.8. The lowest BCUT2D eigenvalue weighted by Crippen LogP contribution is -2.42. The fourth-order valence-corrected chi connectivity index (χ4v) is 2.37. The summed E-state index contributed by atoms with van der Waals surface area (Å²) in [6.07, 6.45) is -0.322. The van der Waals surface area contributed by atoms with E-state index in [1.165, 1.54) is 12.1 Å². The van der Waals surface area contributed by atoms with Crippen molar-refractivity contribution in [3.63, 3.8) is 0 Å². The molecule has 2 aromatic carbocycles. The molecule has 26 heavy (non-hydrogen) atoms. The summed E-state index contributed by atoms with van der Waals surface area (Å²) in [5.74, 6) is 0.186. The number of nitriles is 1. The summed E-state index contributed by atoms with van der Waals surface area (Å²) in [6, 6.07) is 15.3. The van der Waals surface area contributed by atoms with Gasteiger partial charge in [0.1, 0.15) is 12.7 Å². The fraction of sp³-hybridized carbons (Fsp3) is 0.211. The Morgan fingerprint density at radius 3 is 2.81 bits per heavy atom.